The van der Waals surface area contributed by atoms with Gasteiger partial charge in [0, 0.05) is 13.1 Å². The fourth-order valence-corrected chi connectivity index (χ4v) is 2.07. The molecule has 0 saturated carbocycles. The standard InChI is InChI=1S/C10H14BrN3O/c11-9-5-7(6-13-10(9)12)14-3-1-8(15)2-4-14/h5-6,8,15H,1-4H2,(H2,12,13). The minimum absolute atomic E-state index is 0.147. The van der Waals surface area contributed by atoms with E-state index in [0.29, 0.717) is 5.82 Å². The van der Waals surface area contributed by atoms with Gasteiger partial charge in [0.05, 0.1) is 22.5 Å². The quantitative estimate of drug-likeness (QED) is 0.811. The number of hydrogen-bond donors (Lipinski definition) is 2. The van der Waals surface area contributed by atoms with Crippen molar-refractivity contribution in [3.8, 4) is 0 Å². The van der Waals surface area contributed by atoms with E-state index in [9.17, 15) is 5.11 Å². The number of aliphatic hydroxyl groups is 1. The first-order valence-corrected chi connectivity index (χ1v) is 5.80. The third-order valence-corrected chi connectivity index (χ3v) is 3.32. The Kier molecular flexibility index (Phi) is 3.11. The number of nitrogens with zero attached hydrogens (tertiary/aromatic N) is 2. The van der Waals surface area contributed by atoms with Crippen molar-refractivity contribution in [2.75, 3.05) is 23.7 Å². The summed E-state index contributed by atoms with van der Waals surface area (Å²) in [5, 5.41) is 9.40. The first kappa shape index (κ1) is 10.7. The van der Waals surface area contributed by atoms with Crippen LogP contribution in [0.3, 0.4) is 0 Å². The van der Waals surface area contributed by atoms with Gasteiger partial charge in [0.25, 0.3) is 0 Å². The van der Waals surface area contributed by atoms with E-state index < -0.39 is 0 Å². The van der Waals surface area contributed by atoms with Crippen LogP contribution < -0.4 is 10.6 Å². The predicted molar refractivity (Wildman–Crippen MR) is 63.8 cm³/mol. The largest absolute Gasteiger partial charge is 0.393 e. The van der Waals surface area contributed by atoms with Crippen LogP contribution in [0, 0.1) is 0 Å². The van der Waals surface area contributed by atoms with Crippen molar-refractivity contribution in [3.63, 3.8) is 0 Å². The number of nitrogens with two attached hydrogens (primary N) is 1. The van der Waals surface area contributed by atoms with E-state index in [2.05, 4.69) is 25.8 Å². The molecule has 0 aliphatic carbocycles. The first-order chi connectivity index (χ1) is 7.16. The Bertz CT molecular complexity index is 351. The Labute approximate surface area is 97.2 Å². The van der Waals surface area contributed by atoms with Gasteiger partial charge in [0.2, 0.25) is 0 Å². The molecular formula is C10H14BrN3O. The highest BCUT2D eigenvalue weighted by molar-refractivity contribution is 9.10. The number of rotatable bonds is 1. The Morgan fingerprint density at radius 3 is 2.73 bits per heavy atom. The second kappa shape index (κ2) is 4.37. The molecule has 3 N–H and O–H groups in total. The number of anilines is 2. The number of halogens is 1. The van der Waals surface area contributed by atoms with Gasteiger partial charge in [0.1, 0.15) is 5.82 Å². The zero-order valence-corrected chi connectivity index (χ0v) is 9.94. The van der Waals surface area contributed by atoms with E-state index in [1.165, 1.54) is 0 Å². The van der Waals surface area contributed by atoms with Gasteiger partial charge in [0.15, 0.2) is 0 Å². The maximum Gasteiger partial charge on any atom is 0.137 e. The first-order valence-electron chi connectivity index (χ1n) is 5.01. The van der Waals surface area contributed by atoms with Crippen molar-refractivity contribution in [3.05, 3.63) is 16.7 Å². The molecule has 1 aliphatic heterocycles. The van der Waals surface area contributed by atoms with Gasteiger partial charge in [-0.2, -0.15) is 0 Å². The van der Waals surface area contributed by atoms with E-state index in [1.807, 2.05) is 6.07 Å². The van der Waals surface area contributed by atoms with E-state index in [1.54, 1.807) is 6.20 Å². The number of piperidine rings is 1. The fourth-order valence-electron chi connectivity index (χ4n) is 1.74. The van der Waals surface area contributed by atoms with Crippen LogP contribution in [0.4, 0.5) is 11.5 Å². The highest BCUT2D eigenvalue weighted by Crippen LogP contribution is 2.25. The molecule has 0 unspecified atom stereocenters. The van der Waals surface area contributed by atoms with Gasteiger partial charge in [-0.3, -0.25) is 0 Å². The van der Waals surface area contributed by atoms with Gasteiger partial charge in [-0.25, -0.2) is 4.98 Å². The maximum absolute atomic E-state index is 9.40. The lowest BCUT2D eigenvalue weighted by atomic mass is 10.1. The van der Waals surface area contributed by atoms with E-state index in [0.717, 1.165) is 36.1 Å². The fraction of sp³-hybridized carbons (Fsp3) is 0.500. The molecule has 0 atom stereocenters. The second-order valence-corrected chi connectivity index (χ2v) is 4.63. The molecule has 1 saturated heterocycles. The topological polar surface area (TPSA) is 62.4 Å². The van der Waals surface area contributed by atoms with Crippen LogP contribution in [-0.2, 0) is 0 Å². The molecule has 2 rings (SSSR count). The van der Waals surface area contributed by atoms with E-state index >= 15 is 0 Å². The summed E-state index contributed by atoms with van der Waals surface area (Å²) in [6, 6.07) is 1.97. The zero-order chi connectivity index (χ0) is 10.8. The lowest BCUT2D eigenvalue weighted by Crippen LogP contribution is -2.35. The average molecular weight is 272 g/mol. The van der Waals surface area contributed by atoms with E-state index in [4.69, 9.17) is 5.73 Å². The SMILES string of the molecule is Nc1ncc(N2CCC(O)CC2)cc1Br. The van der Waals surface area contributed by atoms with Gasteiger partial charge in [-0.05, 0) is 34.8 Å². The molecule has 1 aromatic heterocycles. The van der Waals surface area contributed by atoms with Crippen LogP contribution in [0.2, 0.25) is 0 Å². The molecular weight excluding hydrogens is 258 g/mol. The van der Waals surface area contributed by atoms with Gasteiger partial charge in [-0.15, -0.1) is 0 Å². The number of nitrogen functional groups attached to an aromatic ring is 1. The molecule has 0 radical (unpaired) electrons. The number of aromatic nitrogens is 1. The molecule has 0 aromatic carbocycles. The normalized spacial score (nSPS) is 18.1. The van der Waals surface area contributed by atoms with Crippen LogP contribution in [-0.4, -0.2) is 29.3 Å². The van der Waals surface area contributed by atoms with Crippen LogP contribution in [0.1, 0.15) is 12.8 Å². The highest BCUT2D eigenvalue weighted by Gasteiger charge is 2.17. The van der Waals surface area contributed by atoms with Crippen molar-refractivity contribution in [2.24, 2.45) is 0 Å². The summed E-state index contributed by atoms with van der Waals surface area (Å²) in [4.78, 5) is 6.31. The van der Waals surface area contributed by atoms with Crippen molar-refractivity contribution >= 4 is 27.4 Å². The second-order valence-electron chi connectivity index (χ2n) is 3.78. The minimum atomic E-state index is -0.147. The Balaban J connectivity index is 2.12. The van der Waals surface area contributed by atoms with Gasteiger partial charge in [-0.1, -0.05) is 0 Å². The monoisotopic (exact) mass is 271 g/mol. The summed E-state index contributed by atoms with van der Waals surface area (Å²) in [5.74, 6) is 0.510. The molecule has 1 aromatic rings. The summed E-state index contributed by atoms with van der Waals surface area (Å²) in [6.07, 6.45) is 3.27. The minimum Gasteiger partial charge on any atom is -0.393 e. The molecule has 1 fully saturated rings. The lowest BCUT2D eigenvalue weighted by Gasteiger charge is -2.31. The Morgan fingerprint density at radius 1 is 1.47 bits per heavy atom. The van der Waals surface area contributed by atoms with Gasteiger partial charge >= 0.3 is 0 Å². The zero-order valence-electron chi connectivity index (χ0n) is 8.36. The average Bonchev–Trinajstić information content (AvgIpc) is 2.23. The number of hydrogen-bond acceptors (Lipinski definition) is 4. The predicted octanol–water partition coefficient (Wildman–Crippen LogP) is 1.39. The Hall–Kier alpha value is -0.810. The molecule has 5 heteroatoms. The molecule has 4 nitrogen and oxygen atoms in total. The van der Waals surface area contributed by atoms with Crippen molar-refractivity contribution in [1.29, 1.82) is 0 Å². The van der Waals surface area contributed by atoms with Crippen molar-refractivity contribution in [2.45, 2.75) is 18.9 Å². The molecule has 82 valence electrons. The maximum atomic E-state index is 9.40. The van der Waals surface area contributed by atoms with Crippen molar-refractivity contribution < 1.29 is 5.11 Å². The molecule has 0 amide bonds. The molecule has 2 heterocycles. The highest BCUT2D eigenvalue weighted by atomic mass is 79.9. The third-order valence-electron chi connectivity index (χ3n) is 2.68. The lowest BCUT2D eigenvalue weighted by molar-refractivity contribution is 0.145. The third kappa shape index (κ3) is 2.41. The van der Waals surface area contributed by atoms with E-state index in [-0.39, 0.29) is 6.10 Å². The smallest absolute Gasteiger partial charge is 0.137 e. The van der Waals surface area contributed by atoms with Crippen LogP contribution >= 0.6 is 15.9 Å². The summed E-state index contributed by atoms with van der Waals surface area (Å²) in [7, 11) is 0. The summed E-state index contributed by atoms with van der Waals surface area (Å²) < 4.78 is 0.825. The van der Waals surface area contributed by atoms with Crippen LogP contribution in [0.5, 0.6) is 0 Å². The summed E-state index contributed by atoms with van der Waals surface area (Å²) in [6.45, 7) is 1.75. The molecule has 0 bridgehead atoms. The van der Waals surface area contributed by atoms with Crippen LogP contribution in [0.15, 0.2) is 16.7 Å². The summed E-state index contributed by atoms with van der Waals surface area (Å²) in [5.41, 5.74) is 6.68. The number of pyridine rings is 1. The number of aliphatic hydroxyl groups excluding tert-OH is 1. The van der Waals surface area contributed by atoms with Gasteiger partial charge < -0.3 is 15.7 Å². The molecule has 15 heavy (non-hydrogen) atoms. The Morgan fingerprint density at radius 2 is 2.13 bits per heavy atom. The molecule has 0 spiro atoms. The molecule has 1 aliphatic rings. The van der Waals surface area contributed by atoms with Crippen LogP contribution in [0.25, 0.3) is 0 Å². The summed E-state index contributed by atoms with van der Waals surface area (Å²) >= 11 is 3.36. The van der Waals surface area contributed by atoms with Crippen molar-refractivity contribution in [1.82, 2.24) is 4.98 Å².